The molecule has 0 aromatic heterocycles. The molecule has 1 aromatic rings. The van der Waals surface area contributed by atoms with E-state index in [2.05, 4.69) is 5.32 Å². The maximum Gasteiger partial charge on any atom is 0.253 e. The van der Waals surface area contributed by atoms with Crippen molar-refractivity contribution in [2.24, 2.45) is 17.6 Å². The zero-order valence-electron chi connectivity index (χ0n) is 16.9. The van der Waals surface area contributed by atoms with Gasteiger partial charge in [0.25, 0.3) is 5.91 Å². The van der Waals surface area contributed by atoms with E-state index < -0.39 is 15.9 Å². The largest absolute Gasteiger partial charge is 0.385 e. The highest BCUT2D eigenvalue weighted by Gasteiger charge is 2.29. The van der Waals surface area contributed by atoms with E-state index in [0.717, 1.165) is 4.31 Å². The van der Waals surface area contributed by atoms with Crippen LogP contribution in [0.5, 0.6) is 0 Å². The average molecular weight is 411 g/mol. The van der Waals surface area contributed by atoms with Gasteiger partial charge in [0, 0.05) is 45.0 Å². The quantitative estimate of drug-likeness (QED) is 0.704. The van der Waals surface area contributed by atoms with E-state index in [1.807, 2.05) is 13.8 Å². The van der Waals surface area contributed by atoms with Crippen LogP contribution in [0, 0.1) is 11.8 Å². The molecule has 156 valence electrons. The molecular weight excluding hydrogens is 380 g/mol. The highest BCUT2D eigenvalue weighted by molar-refractivity contribution is 7.89. The van der Waals surface area contributed by atoms with Gasteiger partial charge < -0.3 is 16.0 Å². The molecule has 1 heterocycles. The van der Waals surface area contributed by atoms with E-state index in [9.17, 15) is 18.0 Å². The summed E-state index contributed by atoms with van der Waals surface area (Å²) in [4.78, 5) is 26.2. The summed E-state index contributed by atoms with van der Waals surface area (Å²) >= 11 is 0. The molecule has 0 bridgehead atoms. The number of anilines is 1. The molecule has 8 nitrogen and oxygen atoms in total. The predicted octanol–water partition coefficient (Wildman–Crippen LogP) is 1.34. The number of nitrogens with one attached hydrogen (secondary N) is 1. The lowest BCUT2D eigenvalue weighted by Crippen LogP contribution is -2.44. The first-order valence-corrected chi connectivity index (χ1v) is 10.9. The monoisotopic (exact) mass is 410 g/mol. The first kappa shape index (κ1) is 22.2. The van der Waals surface area contributed by atoms with Crippen LogP contribution < -0.4 is 11.1 Å². The molecule has 2 rings (SSSR count). The second-order valence-electron chi connectivity index (χ2n) is 7.80. The van der Waals surface area contributed by atoms with E-state index in [4.69, 9.17) is 5.73 Å². The van der Waals surface area contributed by atoms with Crippen LogP contribution >= 0.6 is 0 Å². The maximum absolute atomic E-state index is 13.0. The lowest BCUT2D eigenvalue weighted by Gasteiger charge is -2.31. The van der Waals surface area contributed by atoms with E-state index in [0.29, 0.717) is 37.5 Å². The summed E-state index contributed by atoms with van der Waals surface area (Å²) in [5.41, 5.74) is 6.25. The van der Waals surface area contributed by atoms with E-state index in [-0.39, 0.29) is 28.8 Å². The van der Waals surface area contributed by atoms with E-state index >= 15 is 0 Å². The lowest BCUT2D eigenvalue weighted by atomic mass is 9.97. The van der Waals surface area contributed by atoms with Crippen LogP contribution in [0.25, 0.3) is 0 Å². The van der Waals surface area contributed by atoms with Crippen molar-refractivity contribution in [2.45, 2.75) is 31.6 Å². The number of carbonyl (C=O) groups is 2. The Morgan fingerprint density at radius 2 is 1.96 bits per heavy atom. The summed E-state index contributed by atoms with van der Waals surface area (Å²) in [6.07, 6.45) is 1.35. The van der Waals surface area contributed by atoms with Crippen LogP contribution in [0.4, 0.5) is 5.69 Å². The Hall–Kier alpha value is -2.13. The molecule has 2 amide bonds. The first-order chi connectivity index (χ1) is 13.0. The molecule has 1 unspecified atom stereocenters. The number of primary amides is 1. The molecule has 9 heteroatoms. The molecule has 1 atom stereocenters. The number of hydrogen-bond acceptors (Lipinski definition) is 5. The molecular formula is C19H30N4O4S. The zero-order chi connectivity index (χ0) is 21.1. The van der Waals surface area contributed by atoms with Crippen LogP contribution in [-0.2, 0) is 14.8 Å². The van der Waals surface area contributed by atoms with Crippen molar-refractivity contribution in [3.8, 4) is 0 Å². The maximum atomic E-state index is 13.0. The molecule has 1 saturated heterocycles. The number of nitrogens with two attached hydrogens (primary N) is 1. The summed E-state index contributed by atoms with van der Waals surface area (Å²) < 4.78 is 26.4. The highest BCUT2D eigenvalue weighted by atomic mass is 32.2. The van der Waals surface area contributed by atoms with Crippen molar-refractivity contribution in [3.05, 3.63) is 23.8 Å². The number of piperidine rings is 1. The van der Waals surface area contributed by atoms with Gasteiger partial charge in [-0.1, -0.05) is 13.8 Å². The topological polar surface area (TPSA) is 113 Å². The molecule has 0 aliphatic carbocycles. The molecule has 0 spiro atoms. The van der Waals surface area contributed by atoms with Crippen molar-refractivity contribution in [1.82, 2.24) is 9.21 Å². The number of carbonyl (C=O) groups excluding carboxylic acids is 2. The van der Waals surface area contributed by atoms with Gasteiger partial charge in [-0.3, -0.25) is 9.59 Å². The minimum absolute atomic E-state index is 0.0538. The fraction of sp³-hybridized carbons (Fsp3) is 0.579. The van der Waals surface area contributed by atoms with Gasteiger partial charge in [-0.15, -0.1) is 0 Å². The third-order valence-corrected chi connectivity index (χ3v) is 6.55. The van der Waals surface area contributed by atoms with Crippen LogP contribution in [0.1, 0.15) is 37.0 Å². The van der Waals surface area contributed by atoms with E-state index in [1.165, 1.54) is 26.2 Å². The van der Waals surface area contributed by atoms with Gasteiger partial charge in [0.05, 0.1) is 10.8 Å². The van der Waals surface area contributed by atoms with Crippen LogP contribution in [0.3, 0.4) is 0 Å². The van der Waals surface area contributed by atoms with Gasteiger partial charge in [0.2, 0.25) is 15.9 Å². The van der Waals surface area contributed by atoms with Crippen LogP contribution in [-0.4, -0.2) is 63.2 Å². The highest BCUT2D eigenvalue weighted by Crippen LogP contribution is 2.24. The number of likely N-dealkylation sites (tertiary alicyclic amines) is 1. The van der Waals surface area contributed by atoms with Crippen molar-refractivity contribution in [1.29, 1.82) is 0 Å². The number of nitrogens with zero attached hydrogens (tertiary/aromatic N) is 2. The Morgan fingerprint density at radius 1 is 1.29 bits per heavy atom. The standard InChI is InChI=1S/C19H30N4O4S/c1-13(2)11-21-16-8-15(9-17(10-16)28(26,27)22(3)4)19(25)23-7-5-6-14(12-23)18(20)24/h8-10,13-14,21H,5-7,11-12H2,1-4H3,(H2,20,24). The SMILES string of the molecule is CC(C)CNc1cc(C(=O)N2CCCC(C(N)=O)C2)cc(S(=O)(=O)N(C)C)c1. The van der Waals surface area contributed by atoms with Crippen LogP contribution in [0.15, 0.2) is 23.1 Å². The van der Waals surface area contributed by atoms with Gasteiger partial charge in [-0.05, 0) is 37.0 Å². The van der Waals surface area contributed by atoms with Gasteiger partial charge >= 0.3 is 0 Å². The Balaban J connectivity index is 2.39. The number of hydrogen-bond donors (Lipinski definition) is 2. The molecule has 1 aliphatic heterocycles. The van der Waals surface area contributed by atoms with Gasteiger partial charge in [0.1, 0.15) is 0 Å². The summed E-state index contributed by atoms with van der Waals surface area (Å²) in [7, 11) is -0.797. The summed E-state index contributed by atoms with van der Waals surface area (Å²) in [5.74, 6) is -0.730. The number of rotatable bonds is 7. The first-order valence-electron chi connectivity index (χ1n) is 9.42. The van der Waals surface area contributed by atoms with Gasteiger partial charge in [0.15, 0.2) is 0 Å². The van der Waals surface area contributed by atoms with E-state index in [1.54, 1.807) is 11.0 Å². The second-order valence-corrected chi connectivity index (χ2v) is 9.95. The Morgan fingerprint density at radius 3 is 2.54 bits per heavy atom. The summed E-state index contributed by atoms with van der Waals surface area (Å²) in [5, 5.41) is 3.19. The average Bonchev–Trinajstić information content (AvgIpc) is 2.65. The lowest BCUT2D eigenvalue weighted by molar-refractivity contribution is -0.123. The molecule has 3 N–H and O–H groups in total. The summed E-state index contributed by atoms with van der Waals surface area (Å²) in [6.45, 7) is 5.50. The Kier molecular flexibility index (Phi) is 7.06. The normalized spacial score (nSPS) is 17.8. The van der Waals surface area contributed by atoms with Crippen molar-refractivity contribution in [2.75, 3.05) is 39.0 Å². The van der Waals surface area contributed by atoms with Gasteiger partial charge in [-0.2, -0.15) is 0 Å². The third kappa shape index (κ3) is 5.23. The number of amides is 2. The van der Waals surface area contributed by atoms with Crippen molar-refractivity contribution in [3.63, 3.8) is 0 Å². The number of benzene rings is 1. The number of sulfonamides is 1. The Labute approximate surface area is 167 Å². The third-order valence-electron chi connectivity index (χ3n) is 4.76. The minimum Gasteiger partial charge on any atom is -0.385 e. The molecule has 1 aromatic carbocycles. The van der Waals surface area contributed by atoms with Gasteiger partial charge in [-0.25, -0.2) is 12.7 Å². The minimum atomic E-state index is -3.70. The fourth-order valence-electron chi connectivity index (χ4n) is 3.08. The molecule has 1 fully saturated rings. The van der Waals surface area contributed by atoms with Crippen molar-refractivity contribution >= 4 is 27.5 Å². The predicted molar refractivity (Wildman–Crippen MR) is 108 cm³/mol. The fourth-order valence-corrected chi connectivity index (χ4v) is 4.06. The molecule has 1 aliphatic rings. The summed E-state index contributed by atoms with van der Waals surface area (Å²) in [6, 6.07) is 4.59. The second kappa shape index (κ2) is 8.91. The zero-order valence-corrected chi connectivity index (χ0v) is 17.8. The Bertz CT molecular complexity index is 836. The smallest absolute Gasteiger partial charge is 0.253 e. The van der Waals surface area contributed by atoms with Crippen molar-refractivity contribution < 1.29 is 18.0 Å². The molecule has 0 saturated carbocycles. The molecule has 0 radical (unpaired) electrons. The molecule has 28 heavy (non-hydrogen) atoms. The van der Waals surface area contributed by atoms with Crippen LogP contribution in [0.2, 0.25) is 0 Å².